The summed E-state index contributed by atoms with van der Waals surface area (Å²) in [5, 5.41) is 0. The van der Waals surface area contributed by atoms with E-state index in [0.29, 0.717) is 19.8 Å². The molecule has 1 aliphatic rings. The predicted octanol–water partition coefficient (Wildman–Crippen LogP) is 0.768. The number of ether oxygens (including phenoxy) is 2. The number of nitrogens with zero attached hydrogens (tertiary/aromatic N) is 1. The second-order valence-corrected chi connectivity index (χ2v) is 4.76. The van der Waals surface area contributed by atoms with Gasteiger partial charge in [-0.2, -0.15) is 0 Å². The Hall–Kier alpha value is -0.650. The number of hydrogen-bond acceptors (Lipinski definition) is 4. The monoisotopic (exact) mass is 258 g/mol. The van der Waals surface area contributed by atoms with Gasteiger partial charge in [-0.1, -0.05) is 0 Å². The molecule has 0 bridgehead atoms. The zero-order valence-electron chi connectivity index (χ0n) is 11.6. The summed E-state index contributed by atoms with van der Waals surface area (Å²) in [7, 11) is 0. The second-order valence-electron chi connectivity index (χ2n) is 4.76. The predicted molar refractivity (Wildman–Crippen MR) is 70.3 cm³/mol. The Bertz CT molecular complexity index is 246. The molecule has 18 heavy (non-hydrogen) atoms. The fourth-order valence-corrected chi connectivity index (χ4v) is 2.32. The summed E-state index contributed by atoms with van der Waals surface area (Å²) in [6.07, 6.45) is 3.22. The third-order valence-electron chi connectivity index (χ3n) is 3.28. The van der Waals surface area contributed by atoms with E-state index in [1.807, 2.05) is 18.7 Å². The quantitative estimate of drug-likeness (QED) is 0.685. The van der Waals surface area contributed by atoms with E-state index in [1.54, 1.807) is 0 Å². The molecule has 0 saturated carbocycles. The van der Waals surface area contributed by atoms with Gasteiger partial charge in [-0.05, 0) is 33.1 Å². The SMILES string of the molecule is CCOCCOCC(=O)N1CCCCC1C(C)N. The average molecular weight is 258 g/mol. The highest BCUT2D eigenvalue weighted by molar-refractivity contribution is 5.78. The van der Waals surface area contributed by atoms with Crippen LogP contribution >= 0.6 is 0 Å². The van der Waals surface area contributed by atoms with Gasteiger partial charge >= 0.3 is 0 Å². The Balaban J connectivity index is 2.29. The largest absolute Gasteiger partial charge is 0.379 e. The van der Waals surface area contributed by atoms with Crippen molar-refractivity contribution in [2.24, 2.45) is 5.73 Å². The van der Waals surface area contributed by atoms with Crippen LogP contribution in [0, 0.1) is 0 Å². The van der Waals surface area contributed by atoms with Gasteiger partial charge in [-0.15, -0.1) is 0 Å². The number of piperidine rings is 1. The molecular formula is C13H26N2O3. The Labute approximate surface area is 110 Å². The fourth-order valence-electron chi connectivity index (χ4n) is 2.32. The summed E-state index contributed by atoms with van der Waals surface area (Å²) in [5.74, 6) is 0.0495. The number of nitrogens with two attached hydrogens (primary N) is 1. The number of carbonyl (C=O) groups is 1. The Morgan fingerprint density at radius 3 is 2.78 bits per heavy atom. The first-order valence-electron chi connectivity index (χ1n) is 6.87. The van der Waals surface area contributed by atoms with Crippen LogP contribution in [0.25, 0.3) is 0 Å². The smallest absolute Gasteiger partial charge is 0.248 e. The van der Waals surface area contributed by atoms with Gasteiger partial charge in [0.1, 0.15) is 6.61 Å². The molecule has 1 fully saturated rings. The van der Waals surface area contributed by atoms with Gasteiger partial charge in [0.15, 0.2) is 0 Å². The molecule has 0 spiro atoms. The lowest BCUT2D eigenvalue weighted by atomic mass is 9.97. The van der Waals surface area contributed by atoms with Gasteiger partial charge in [0.25, 0.3) is 0 Å². The topological polar surface area (TPSA) is 64.8 Å². The van der Waals surface area contributed by atoms with Crippen molar-refractivity contribution in [1.82, 2.24) is 4.90 Å². The molecule has 0 aromatic heterocycles. The highest BCUT2D eigenvalue weighted by Gasteiger charge is 2.28. The van der Waals surface area contributed by atoms with Gasteiger partial charge < -0.3 is 20.1 Å². The van der Waals surface area contributed by atoms with Crippen molar-refractivity contribution in [3.8, 4) is 0 Å². The summed E-state index contributed by atoms with van der Waals surface area (Å²) < 4.78 is 10.5. The lowest BCUT2D eigenvalue weighted by Crippen LogP contribution is -2.52. The van der Waals surface area contributed by atoms with Crippen LogP contribution in [0.2, 0.25) is 0 Å². The van der Waals surface area contributed by atoms with Gasteiger partial charge in [-0.3, -0.25) is 4.79 Å². The summed E-state index contributed by atoms with van der Waals surface area (Å²) in [6, 6.07) is 0.194. The van der Waals surface area contributed by atoms with E-state index >= 15 is 0 Å². The van der Waals surface area contributed by atoms with Crippen molar-refractivity contribution < 1.29 is 14.3 Å². The number of carbonyl (C=O) groups excluding carboxylic acids is 1. The van der Waals surface area contributed by atoms with Crippen molar-refractivity contribution in [2.45, 2.75) is 45.2 Å². The molecular weight excluding hydrogens is 232 g/mol. The molecule has 0 aromatic rings. The van der Waals surface area contributed by atoms with Crippen LogP contribution in [-0.2, 0) is 14.3 Å². The summed E-state index contributed by atoms with van der Waals surface area (Å²) in [6.45, 7) is 6.53. The minimum Gasteiger partial charge on any atom is -0.379 e. The zero-order chi connectivity index (χ0) is 13.4. The van der Waals surface area contributed by atoms with E-state index in [-0.39, 0.29) is 24.6 Å². The number of amides is 1. The number of rotatable bonds is 7. The molecule has 1 saturated heterocycles. The average Bonchev–Trinajstić information content (AvgIpc) is 2.38. The maximum atomic E-state index is 12.1. The van der Waals surface area contributed by atoms with Crippen molar-refractivity contribution in [3.63, 3.8) is 0 Å². The van der Waals surface area contributed by atoms with Crippen LogP contribution in [0.15, 0.2) is 0 Å². The van der Waals surface area contributed by atoms with E-state index < -0.39 is 0 Å². The zero-order valence-corrected chi connectivity index (χ0v) is 11.6. The molecule has 1 heterocycles. The molecule has 1 amide bonds. The molecule has 2 N–H and O–H groups in total. The molecule has 2 unspecified atom stereocenters. The minimum absolute atomic E-state index is 0.0256. The normalized spacial score (nSPS) is 21.9. The lowest BCUT2D eigenvalue weighted by Gasteiger charge is -2.38. The van der Waals surface area contributed by atoms with Crippen molar-refractivity contribution >= 4 is 5.91 Å². The highest BCUT2D eigenvalue weighted by atomic mass is 16.5. The second kappa shape index (κ2) is 8.45. The maximum absolute atomic E-state index is 12.1. The Kier molecular flexibility index (Phi) is 7.23. The number of hydrogen-bond donors (Lipinski definition) is 1. The Morgan fingerprint density at radius 2 is 2.11 bits per heavy atom. The van der Waals surface area contributed by atoms with Crippen LogP contribution in [-0.4, -0.2) is 55.9 Å². The van der Waals surface area contributed by atoms with E-state index in [4.69, 9.17) is 15.2 Å². The maximum Gasteiger partial charge on any atom is 0.248 e. The highest BCUT2D eigenvalue weighted by Crippen LogP contribution is 2.19. The number of likely N-dealkylation sites (tertiary alicyclic amines) is 1. The first-order valence-corrected chi connectivity index (χ1v) is 6.87. The minimum atomic E-state index is 0.0256. The summed E-state index contributed by atoms with van der Waals surface area (Å²) >= 11 is 0. The van der Waals surface area contributed by atoms with Crippen LogP contribution in [0.1, 0.15) is 33.1 Å². The van der Waals surface area contributed by atoms with Gasteiger partial charge in [0, 0.05) is 25.2 Å². The van der Waals surface area contributed by atoms with E-state index in [9.17, 15) is 4.79 Å². The van der Waals surface area contributed by atoms with Crippen LogP contribution < -0.4 is 5.73 Å². The van der Waals surface area contributed by atoms with E-state index in [2.05, 4.69) is 0 Å². The molecule has 106 valence electrons. The van der Waals surface area contributed by atoms with Crippen LogP contribution in [0.5, 0.6) is 0 Å². The van der Waals surface area contributed by atoms with E-state index in [1.165, 1.54) is 0 Å². The van der Waals surface area contributed by atoms with Crippen LogP contribution in [0.3, 0.4) is 0 Å². The molecule has 0 aromatic carbocycles. The van der Waals surface area contributed by atoms with Crippen molar-refractivity contribution in [1.29, 1.82) is 0 Å². The molecule has 0 radical (unpaired) electrons. The third kappa shape index (κ3) is 4.92. The van der Waals surface area contributed by atoms with Gasteiger partial charge in [0.05, 0.1) is 13.2 Å². The first-order chi connectivity index (χ1) is 8.66. The third-order valence-corrected chi connectivity index (χ3v) is 3.28. The van der Waals surface area contributed by atoms with Crippen molar-refractivity contribution in [2.75, 3.05) is 33.0 Å². The Morgan fingerprint density at radius 1 is 1.39 bits per heavy atom. The van der Waals surface area contributed by atoms with Gasteiger partial charge in [0.2, 0.25) is 5.91 Å². The van der Waals surface area contributed by atoms with Crippen LogP contribution in [0.4, 0.5) is 0 Å². The standard InChI is InChI=1S/C13H26N2O3/c1-3-17-8-9-18-10-13(16)15-7-5-4-6-12(15)11(2)14/h11-12H,3-10,14H2,1-2H3. The summed E-state index contributed by atoms with van der Waals surface area (Å²) in [4.78, 5) is 13.9. The molecule has 5 nitrogen and oxygen atoms in total. The summed E-state index contributed by atoms with van der Waals surface area (Å²) in [5.41, 5.74) is 5.94. The molecule has 5 heteroatoms. The first kappa shape index (κ1) is 15.4. The molecule has 1 rings (SSSR count). The van der Waals surface area contributed by atoms with E-state index in [0.717, 1.165) is 25.8 Å². The lowest BCUT2D eigenvalue weighted by molar-refractivity contribution is -0.140. The molecule has 2 atom stereocenters. The molecule has 0 aliphatic carbocycles. The van der Waals surface area contributed by atoms with Gasteiger partial charge in [-0.25, -0.2) is 0 Å². The molecule has 1 aliphatic heterocycles. The fraction of sp³-hybridized carbons (Fsp3) is 0.923. The van der Waals surface area contributed by atoms with Crippen molar-refractivity contribution in [3.05, 3.63) is 0 Å².